The third-order valence-electron chi connectivity index (χ3n) is 6.49. The molecule has 4 rings (SSSR count). The summed E-state index contributed by atoms with van der Waals surface area (Å²) in [5.74, 6) is -0.683. The molecule has 1 N–H and O–H groups in total. The largest absolute Gasteiger partial charge is 0.481 e. The molecule has 1 saturated heterocycles. The van der Waals surface area contributed by atoms with Gasteiger partial charge in [0.1, 0.15) is 5.82 Å². The molecule has 1 saturated carbocycles. The molecule has 0 radical (unpaired) electrons. The number of hydrogen-bond donors (Lipinski definition) is 1. The Kier molecular flexibility index (Phi) is 4.24. The van der Waals surface area contributed by atoms with Gasteiger partial charge in [-0.1, -0.05) is 32.9 Å². The summed E-state index contributed by atoms with van der Waals surface area (Å²) in [5, 5.41) is 9.35. The Balaban J connectivity index is 1.49. The zero-order valence-corrected chi connectivity index (χ0v) is 16.2. The molecule has 1 aliphatic carbocycles. The highest BCUT2D eigenvalue weighted by atomic mass is 16.4. The second kappa shape index (κ2) is 6.36. The second-order valence-corrected chi connectivity index (χ2v) is 8.41. The predicted octanol–water partition coefficient (Wildman–Crippen LogP) is 3.12. The molecule has 2 heterocycles. The topological polar surface area (TPSA) is 75.4 Å². The monoisotopic (exact) mass is 369 g/mol. The summed E-state index contributed by atoms with van der Waals surface area (Å²) in [6.07, 6.45) is 2.64. The van der Waals surface area contributed by atoms with Crippen LogP contribution in [0.15, 0.2) is 24.3 Å². The van der Waals surface area contributed by atoms with Crippen LogP contribution in [0.4, 0.5) is 0 Å². The van der Waals surface area contributed by atoms with Crippen molar-refractivity contribution in [2.45, 2.75) is 46.1 Å². The van der Waals surface area contributed by atoms with E-state index in [9.17, 15) is 14.7 Å². The number of benzene rings is 1. The highest BCUT2D eigenvalue weighted by molar-refractivity contribution is 5.91. The lowest BCUT2D eigenvalue weighted by atomic mass is 10.0. The fourth-order valence-electron chi connectivity index (χ4n) is 4.85. The molecule has 1 aromatic heterocycles. The molecule has 0 bridgehead atoms. The molecule has 6 heteroatoms. The average Bonchev–Trinajstić information content (AvgIpc) is 3.06. The van der Waals surface area contributed by atoms with Crippen LogP contribution in [-0.4, -0.2) is 44.5 Å². The van der Waals surface area contributed by atoms with Crippen molar-refractivity contribution in [2.24, 2.45) is 17.3 Å². The minimum atomic E-state index is -0.856. The predicted molar refractivity (Wildman–Crippen MR) is 102 cm³/mol. The standard InChI is InChI=1S/C21H27N3O3/c1-4-16-22-14-7-5-6-8-15(14)24(16)13-9-11-23(12-10-13)19(25)17-18(20(26)27)21(17,2)3/h5-8,13,17-18H,4,9-12H2,1-3H3,(H,26,27)/t17-,18+/m0/s1. The molecule has 2 atom stereocenters. The Labute approximate surface area is 159 Å². The van der Waals surface area contributed by atoms with E-state index >= 15 is 0 Å². The Morgan fingerprint density at radius 1 is 1.19 bits per heavy atom. The number of likely N-dealkylation sites (tertiary alicyclic amines) is 1. The van der Waals surface area contributed by atoms with Crippen LogP contribution in [0.25, 0.3) is 11.0 Å². The van der Waals surface area contributed by atoms with Gasteiger partial charge in [-0.05, 0) is 30.4 Å². The van der Waals surface area contributed by atoms with Crippen LogP contribution in [0.2, 0.25) is 0 Å². The number of rotatable bonds is 4. The summed E-state index contributed by atoms with van der Waals surface area (Å²) in [6.45, 7) is 7.24. The van der Waals surface area contributed by atoms with Crippen molar-refractivity contribution < 1.29 is 14.7 Å². The molecule has 1 aliphatic heterocycles. The first-order valence-electron chi connectivity index (χ1n) is 9.83. The van der Waals surface area contributed by atoms with E-state index < -0.39 is 17.3 Å². The summed E-state index contributed by atoms with van der Waals surface area (Å²) < 4.78 is 2.35. The van der Waals surface area contributed by atoms with Crippen LogP contribution in [0.3, 0.4) is 0 Å². The van der Waals surface area contributed by atoms with Crippen LogP contribution >= 0.6 is 0 Å². The maximum atomic E-state index is 12.9. The number of aryl methyl sites for hydroxylation is 1. The lowest BCUT2D eigenvalue weighted by molar-refractivity contribution is -0.142. The second-order valence-electron chi connectivity index (χ2n) is 8.41. The fraction of sp³-hybridized carbons (Fsp3) is 0.571. The third kappa shape index (κ3) is 2.82. The molecule has 27 heavy (non-hydrogen) atoms. The molecule has 2 fully saturated rings. The Morgan fingerprint density at radius 2 is 1.85 bits per heavy atom. The van der Waals surface area contributed by atoms with Gasteiger partial charge in [0.15, 0.2) is 0 Å². The summed E-state index contributed by atoms with van der Waals surface area (Å²) in [6, 6.07) is 8.55. The van der Waals surface area contributed by atoms with E-state index in [1.165, 1.54) is 0 Å². The van der Waals surface area contributed by atoms with Gasteiger partial charge in [0.2, 0.25) is 5.91 Å². The number of amides is 1. The molecule has 0 spiro atoms. The van der Waals surface area contributed by atoms with Crippen LogP contribution in [0, 0.1) is 17.3 Å². The lowest BCUT2D eigenvalue weighted by Gasteiger charge is -2.34. The van der Waals surface area contributed by atoms with Gasteiger partial charge in [-0.25, -0.2) is 4.98 Å². The van der Waals surface area contributed by atoms with E-state index in [-0.39, 0.29) is 11.8 Å². The van der Waals surface area contributed by atoms with Gasteiger partial charge < -0.3 is 14.6 Å². The molecular formula is C21H27N3O3. The van der Waals surface area contributed by atoms with Crippen molar-refractivity contribution in [3.63, 3.8) is 0 Å². The van der Waals surface area contributed by atoms with E-state index in [0.717, 1.165) is 36.1 Å². The average molecular weight is 369 g/mol. The third-order valence-corrected chi connectivity index (χ3v) is 6.49. The fourth-order valence-corrected chi connectivity index (χ4v) is 4.85. The summed E-state index contributed by atoms with van der Waals surface area (Å²) in [5.41, 5.74) is 1.75. The molecule has 1 amide bonds. The van der Waals surface area contributed by atoms with E-state index in [1.807, 2.05) is 36.9 Å². The SMILES string of the molecule is CCc1nc2ccccc2n1C1CCN(C(=O)[C@@H]2[C@H](C(=O)O)C2(C)C)CC1. The van der Waals surface area contributed by atoms with Crippen molar-refractivity contribution in [3.8, 4) is 0 Å². The highest BCUT2D eigenvalue weighted by Crippen LogP contribution is 2.59. The number of piperidine rings is 1. The van der Waals surface area contributed by atoms with Crippen LogP contribution in [0.1, 0.15) is 45.5 Å². The number of carbonyl (C=O) groups excluding carboxylic acids is 1. The van der Waals surface area contributed by atoms with Gasteiger partial charge in [-0.2, -0.15) is 0 Å². The number of hydrogen-bond acceptors (Lipinski definition) is 3. The Hall–Kier alpha value is -2.37. The van der Waals surface area contributed by atoms with E-state index in [1.54, 1.807) is 0 Å². The minimum Gasteiger partial charge on any atom is -0.481 e. The van der Waals surface area contributed by atoms with Crippen LogP contribution in [-0.2, 0) is 16.0 Å². The zero-order valence-electron chi connectivity index (χ0n) is 16.2. The number of carboxylic acid groups (broad SMARTS) is 1. The van der Waals surface area contributed by atoms with Gasteiger partial charge in [-0.15, -0.1) is 0 Å². The highest BCUT2D eigenvalue weighted by Gasteiger charge is 2.66. The number of aromatic nitrogens is 2. The smallest absolute Gasteiger partial charge is 0.307 e. The van der Waals surface area contributed by atoms with Gasteiger partial charge in [0.05, 0.1) is 22.9 Å². The van der Waals surface area contributed by atoms with Crippen molar-refractivity contribution in [2.75, 3.05) is 13.1 Å². The first kappa shape index (κ1) is 18.0. The first-order chi connectivity index (χ1) is 12.9. The van der Waals surface area contributed by atoms with Gasteiger partial charge >= 0.3 is 5.97 Å². The number of aliphatic carboxylic acids is 1. The summed E-state index contributed by atoms with van der Waals surface area (Å²) >= 11 is 0. The first-order valence-corrected chi connectivity index (χ1v) is 9.83. The molecule has 0 unspecified atom stereocenters. The number of carboxylic acids is 1. The molecular weight excluding hydrogens is 342 g/mol. The molecule has 2 aromatic rings. The number of nitrogens with zero attached hydrogens (tertiary/aromatic N) is 3. The zero-order chi connectivity index (χ0) is 19.3. The normalized spacial score (nSPS) is 24.9. The number of carbonyl (C=O) groups is 2. The van der Waals surface area contributed by atoms with E-state index in [0.29, 0.717) is 19.1 Å². The molecule has 6 nitrogen and oxygen atoms in total. The van der Waals surface area contributed by atoms with Gasteiger partial charge in [0, 0.05) is 25.6 Å². The van der Waals surface area contributed by atoms with Crippen LogP contribution in [0.5, 0.6) is 0 Å². The van der Waals surface area contributed by atoms with Crippen molar-refractivity contribution in [3.05, 3.63) is 30.1 Å². The van der Waals surface area contributed by atoms with Crippen molar-refractivity contribution >= 4 is 22.9 Å². The molecule has 2 aliphatic rings. The summed E-state index contributed by atoms with van der Waals surface area (Å²) in [7, 11) is 0. The number of para-hydroxylation sites is 2. The quantitative estimate of drug-likeness (QED) is 0.898. The Bertz CT molecular complexity index is 893. The van der Waals surface area contributed by atoms with Crippen LogP contribution < -0.4 is 0 Å². The minimum absolute atomic E-state index is 0.0112. The lowest BCUT2D eigenvalue weighted by Crippen LogP contribution is -2.41. The van der Waals surface area contributed by atoms with Crippen molar-refractivity contribution in [1.29, 1.82) is 0 Å². The number of fused-ring (bicyclic) bond motifs is 1. The van der Waals surface area contributed by atoms with Gasteiger partial charge in [0.25, 0.3) is 0 Å². The van der Waals surface area contributed by atoms with E-state index in [4.69, 9.17) is 4.98 Å². The Morgan fingerprint density at radius 3 is 2.44 bits per heavy atom. The van der Waals surface area contributed by atoms with Gasteiger partial charge in [-0.3, -0.25) is 9.59 Å². The maximum Gasteiger partial charge on any atom is 0.307 e. The van der Waals surface area contributed by atoms with E-state index in [2.05, 4.69) is 17.6 Å². The molecule has 144 valence electrons. The summed E-state index contributed by atoms with van der Waals surface area (Å²) in [4.78, 5) is 30.9. The van der Waals surface area contributed by atoms with Crippen molar-refractivity contribution in [1.82, 2.24) is 14.5 Å². The molecule has 1 aromatic carbocycles. The maximum absolute atomic E-state index is 12.9. The number of imidazole rings is 1.